The summed E-state index contributed by atoms with van der Waals surface area (Å²) in [6.07, 6.45) is 4.97. The van der Waals surface area contributed by atoms with Crippen LogP contribution in [0.5, 0.6) is 0 Å². The molecule has 27 heavy (non-hydrogen) atoms. The highest BCUT2D eigenvalue weighted by atomic mass is 19.3. The fourth-order valence-corrected chi connectivity index (χ4v) is 3.92. The summed E-state index contributed by atoms with van der Waals surface area (Å²) in [5.74, 6) is -3.81. The Bertz CT molecular complexity index is 789. The number of carbonyl (C=O) groups excluding carboxylic acids is 2. The van der Waals surface area contributed by atoms with E-state index >= 15 is 0 Å². The summed E-state index contributed by atoms with van der Waals surface area (Å²) in [6.45, 7) is 4.70. The van der Waals surface area contributed by atoms with E-state index < -0.39 is 24.4 Å². The molecule has 1 aliphatic heterocycles. The second kappa shape index (κ2) is 7.37. The SMILES string of the molecule is CC1=CCCc2nccc(C(=O)NCC(=O)N3CC(F)(F)CC3C(C)C)c21. The fraction of sp³-hybridized carbons (Fsp3) is 0.550. The van der Waals surface area contributed by atoms with Gasteiger partial charge in [0.15, 0.2) is 0 Å². The van der Waals surface area contributed by atoms with Crippen molar-refractivity contribution >= 4 is 17.4 Å². The van der Waals surface area contributed by atoms with Gasteiger partial charge >= 0.3 is 0 Å². The first-order valence-corrected chi connectivity index (χ1v) is 9.30. The summed E-state index contributed by atoms with van der Waals surface area (Å²) in [6, 6.07) is 1.12. The minimum atomic E-state index is -2.87. The summed E-state index contributed by atoms with van der Waals surface area (Å²) in [5.41, 5.74) is 3.13. The predicted octanol–water partition coefficient (Wildman–Crippen LogP) is 3.05. The van der Waals surface area contributed by atoms with E-state index in [9.17, 15) is 18.4 Å². The zero-order chi connectivity index (χ0) is 19.8. The number of allylic oxidation sites excluding steroid dienone is 2. The van der Waals surface area contributed by atoms with Gasteiger partial charge < -0.3 is 10.2 Å². The summed E-state index contributed by atoms with van der Waals surface area (Å²) in [5, 5.41) is 2.60. The molecule has 2 aliphatic rings. The van der Waals surface area contributed by atoms with E-state index in [1.54, 1.807) is 12.3 Å². The molecule has 1 atom stereocenters. The molecule has 1 N–H and O–H groups in total. The van der Waals surface area contributed by atoms with E-state index in [1.807, 2.05) is 20.8 Å². The normalized spacial score (nSPS) is 21.0. The monoisotopic (exact) mass is 377 g/mol. The molecule has 0 spiro atoms. The highest BCUT2D eigenvalue weighted by Crippen LogP contribution is 2.35. The van der Waals surface area contributed by atoms with Gasteiger partial charge in [-0.3, -0.25) is 14.6 Å². The highest BCUT2D eigenvalue weighted by molar-refractivity contribution is 6.01. The first-order valence-electron chi connectivity index (χ1n) is 9.30. The van der Waals surface area contributed by atoms with Crippen LogP contribution in [-0.4, -0.2) is 46.8 Å². The molecule has 7 heteroatoms. The number of nitrogens with zero attached hydrogens (tertiary/aromatic N) is 2. The van der Waals surface area contributed by atoms with E-state index in [-0.39, 0.29) is 24.8 Å². The molecule has 1 unspecified atom stereocenters. The van der Waals surface area contributed by atoms with Crippen molar-refractivity contribution in [3.63, 3.8) is 0 Å². The third-order valence-corrected chi connectivity index (χ3v) is 5.30. The number of alkyl halides is 2. The zero-order valence-corrected chi connectivity index (χ0v) is 15.9. The molecule has 0 radical (unpaired) electrons. The number of hydrogen-bond donors (Lipinski definition) is 1. The smallest absolute Gasteiger partial charge is 0.267 e. The lowest BCUT2D eigenvalue weighted by Gasteiger charge is -2.27. The maximum absolute atomic E-state index is 13.8. The van der Waals surface area contributed by atoms with Crippen LogP contribution in [0.3, 0.4) is 0 Å². The lowest BCUT2D eigenvalue weighted by molar-refractivity contribution is -0.132. The number of aromatic nitrogens is 1. The lowest BCUT2D eigenvalue weighted by atomic mass is 9.91. The number of pyridine rings is 1. The van der Waals surface area contributed by atoms with Gasteiger partial charge in [0.2, 0.25) is 5.91 Å². The lowest BCUT2D eigenvalue weighted by Crippen LogP contribution is -2.45. The van der Waals surface area contributed by atoms with Crippen LogP contribution in [0.15, 0.2) is 18.3 Å². The van der Waals surface area contributed by atoms with Gasteiger partial charge in [0, 0.05) is 29.9 Å². The molecule has 1 aromatic heterocycles. The van der Waals surface area contributed by atoms with Gasteiger partial charge in [-0.15, -0.1) is 0 Å². The first kappa shape index (κ1) is 19.5. The molecule has 1 saturated heterocycles. The van der Waals surface area contributed by atoms with Crippen LogP contribution in [0.1, 0.15) is 55.2 Å². The molecule has 1 aromatic rings. The molecular weight excluding hydrogens is 352 g/mol. The Labute approximate surface area is 157 Å². The van der Waals surface area contributed by atoms with E-state index in [4.69, 9.17) is 0 Å². The van der Waals surface area contributed by atoms with Crippen LogP contribution in [0, 0.1) is 5.92 Å². The minimum Gasteiger partial charge on any atom is -0.343 e. The van der Waals surface area contributed by atoms with Crippen molar-refractivity contribution in [3.8, 4) is 0 Å². The number of rotatable bonds is 4. The quantitative estimate of drug-likeness (QED) is 0.877. The predicted molar refractivity (Wildman–Crippen MR) is 98.4 cm³/mol. The van der Waals surface area contributed by atoms with Gasteiger partial charge in [-0.25, -0.2) is 8.78 Å². The number of carbonyl (C=O) groups is 2. The number of fused-ring (bicyclic) bond motifs is 1. The molecule has 1 fully saturated rings. The van der Waals surface area contributed by atoms with Crippen molar-refractivity contribution in [2.24, 2.45) is 5.92 Å². The van der Waals surface area contributed by atoms with Crippen molar-refractivity contribution in [2.75, 3.05) is 13.1 Å². The Morgan fingerprint density at radius 2 is 2.15 bits per heavy atom. The van der Waals surface area contributed by atoms with Crippen molar-refractivity contribution in [3.05, 3.63) is 35.2 Å². The van der Waals surface area contributed by atoms with Gasteiger partial charge in [0.1, 0.15) is 0 Å². The van der Waals surface area contributed by atoms with Crippen LogP contribution in [0.2, 0.25) is 0 Å². The van der Waals surface area contributed by atoms with Gasteiger partial charge in [-0.2, -0.15) is 0 Å². The van der Waals surface area contributed by atoms with E-state index in [0.29, 0.717) is 5.56 Å². The van der Waals surface area contributed by atoms with Crippen molar-refractivity contribution < 1.29 is 18.4 Å². The van der Waals surface area contributed by atoms with Crippen LogP contribution in [-0.2, 0) is 11.2 Å². The summed E-state index contributed by atoms with van der Waals surface area (Å²) in [7, 11) is 0. The Morgan fingerprint density at radius 1 is 1.41 bits per heavy atom. The second-order valence-corrected chi connectivity index (χ2v) is 7.68. The third-order valence-electron chi connectivity index (χ3n) is 5.30. The summed E-state index contributed by atoms with van der Waals surface area (Å²) < 4.78 is 27.5. The summed E-state index contributed by atoms with van der Waals surface area (Å²) in [4.78, 5) is 30.7. The number of aryl methyl sites for hydroxylation is 1. The molecule has 5 nitrogen and oxygen atoms in total. The molecule has 3 rings (SSSR count). The molecular formula is C20H25F2N3O2. The average molecular weight is 377 g/mol. The standard InChI is InChI=1S/C20H25F2N3O2/c1-12(2)16-9-20(21,22)11-25(16)17(26)10-24-19(27)14-7-8-23-15-6-4-5-13(3)18(14)15/h5,7-8,12,16H,4,6,9-11H2,1-3H3,(H,24,27). The topological polar surface area (TPSA) is 62.3 Å². The number of amides is 2. The number of hydrogen-bond acceptors (Lipinski definition) is 3. The van der Waals surface area contributed by atoms with Crippen LogP contribution >= 0.6 is 0 Å². The number of likely N-dealkylation sites (tertiary alicyclic amines) is 1. The summed E-state index contributed by atoms with van der Waals surface area (Å²) >= 11 is 0. The molecule has 2 heterocycles. The van der Waals surface area contributed by atoms with Crippen molar-refractivity contribution in [1.29, 1.82) is 0 Å². The third kappa shape index (κ3) is 4.01. The number of nitrogens with one attached hydrogen (secondary N) is 1. The maximum Gasteiger partial charge on any atom is 0.267 e. The van der Waals surface area contributed by atoms with Gasteiger partial charge in [-0.05, 0) is 37.3 Å². The Kier molecular flexibility index (Phi) is 5.31. The molecule has 1 aliphatic carbocycles. The average Bonchev–Trinajstić information content (AvgIpc) is 2.95. The molecule has 2 amide bonds. The first-order chi connectivity index (χ1) is 12.7. The van der Waals surface area contributed by atoms with Gasteiger partial charge in [-0.1, -0.05) is 19.9 Å². The minimum absolute atomic E-state index is 0.0713. The Morgan fingerprint density at radius 3 is 2.85 bits per heavy atom. The van der Waals surface area contributed by atoms with Crippen LogP contribution in [0.4, 0.5) is 8.78 Å². The van der Waals surface area contributed by atoms with Crippen LogP contribution in [0.25, 0.3) is 5.57 Å². The van der Waals surface area contributed by atoms with E-state index in [2.05, 4.69) is 16.4 Å². The van der Waals surface area contributed by atoms with Gasteiger partial charge in [0.25, 0.3) is 11.8 Å². The highest BCUT2D eigenvalue weighted by Gasteiger charge is 2.47. The zero-order valence-electron chi connectivity index (χ0n) is 15.9. The Balaban J connectivity index is 1.70. The molecule has 0 aromatic carbocycles. The largest absolute Gasteiger partial charge is 0.343 e. The van der Waals surface area contributed by atoms with Crippen molar-refractivity contribution in [1.82, 2.24) is 15.2 Å². The maximum atomic E-state index is 13.8. The molecule has 0 saturated carbocycles. The van der Waals surface area contributed by atoms with Crippen LogP contribution < -0.4 is 5.32 Å². The Hall–Kier alpha value is -2.31. The van der Waals surface area contributed by atoms with Crippen molar-refractivity contribution in [2.45, 2.75) is 52.0 Å². The van der Waals surface area contributed by atoms with E-state index in [1.165, 1.54) is 4.90 Å². The van der Waals surface area contributed by atoms with E-state index in [0.717, 1.165) is 29.7 Å². The van der Waals surface area contributed by atoms with Gasteiger partial charge in [0.05, 0.1) is 18.7 Å². The molecule has 146 valence electrons. The molecule has 0 bridgehead atoms. The second-order valence-electron chi connectivity index (χ2n) is 7.68. The fourth-order valence-electron chi connectivity index (χ4n) is 3.92. The number of halogens is 2.